The van der Waals surface area contributed by atoms with Gasteiger partial charge in [-0.3, -0.25) is 0 Å². The summed E-state index contributed by atoms with van der Waals surface area (Å²) in [6.07, 6.45) is 2.36. The molecule has 1 aromatic rings. The number of nitrogens with one attached hydrogen (secondary N) is 2. The number of carbonyl (C=O) groups excluding carboxylic acids is 1. The van der Waals surface area contributed by atoms with E-state index < -0.39 is 0 Å². The predicted octanol–water partition coefficient (Wildman–Crippen LogP) is 1.19. The minimum atomic E-state index is -0.228. The molecule has 0 aliphatic heterocycles. The summed E-state index contributed by atoms with van der Waals surface area (Å²) in [5.41, 5.74) is 0. The summed E-state index contributed by atoms with van der Waals surface area (Å²) in [5, 5.41) is 14.9. The standard InChI is InChI=1S/C10H17N3O2S/c1-7-6-12-9(16-7)8(2)13-10(15)11-4-3-5-14/h6,8,14H,3-5H2,1-2H3,(H2,11,13,15). The Morgan fingerprint density at radius 1 is 1.69 bits per heavy atom. The van der Waals surface area contributed by atoms with E-state index in [1.54, 1.807) is 17.5 Å². The third-order valence-corrected chi connectivity index (χ3v) is 3.07. The van der Waals surface area contributed by atoms with Crippen LogP contribution >= 0.6 is 11.3 Å². The van der Waals surface area contributed by atoms with Crippen LogP contribution in [0.25, 0.3) is 0 Å². The van der Waals surface area contributed by atoms with Gasteiger partial charge in [-0.1, -0.05) is 0 Å². The molecule has 0 bridgehead atoms. The molecule has 0 saturated heterocycles. The molecule has 1 aromatic heterocycles. The summed E-state index contributed by atoms with van der Waals surface area (Å²) in [6, 6.07) is -0.318. The number of aliphatic hydroxyl groups is 1. The highest BCUT2D eigenvalue weighted by molar-refractivity contribution is 7.11. The van der Waals surface area contributed by atoms with Gasteiger partial charge in [0.05, 0.1) is 6.04 Å². The monoisotopic (exact) mass is 243 g/mol. The van der Waals surface area contributed by atoms with Gasteiger partial charge in [-0.05, 0) is 20.3 Å². The van der Waals surface area contributed by atoms with Gasteiger partial charge in [-0.15, -0.1) is 11.3 Å². The Hall–Kier alpha value is -1.14. The normalized spacial score (nSPS) is 12.2. The van der Waals surface area contributed by atoms with Crippen LogP contribution in [0, 0.1) is 6.92 Å². The first-order chi connectivity index (χ1) is 7.63. The van der Waals surface area contributed by atoms with Gasteiger partial charge in [0.25, 0.3) is 0 Å². The molecule has 16 heavy (non-hydrogen) atoms. The molecule has 0 aliphatic carbocycles. The van der Waals surface area contributed by atoms with E-state index in [9.17, 15) is 4.79 Å². The summed E-state index contributed by atoms with van der Waals surface area (Å²) in [4.78, 5) is 16.7. The first-order valence-corrected chi connectivity index (χ1v) is 6.02. The topological polar surface area (TPSA) is 74.2 Å². The summed E-state index contributed by atoms with van der Waals surface area (Å²) in [6.45, 7) is 4.44. The fraction of sp³-hybridized carbons (Fsp3) is 0.600. The van der Waals surface area contributed by atoms with Gasteiger partial charge in [0.1, 0.15) is 5.01 Å². The van der Waals surface area contributed by atoms with Gasteiger partial charge in [0, 0.05) is 24.2 Å². The van der Waals surface area contributed by atoms with Gasteiger partial charge in [-0.25, -0.2) is 9.78 Å². The fourth-order valence-corrected chi connectivity index (χ4v) is 1.94. The average molecular weight is 243 g/mol. The summed E-state index contributed by atoms with van der Waals surface area (Å²) < 4.78 is 0. The van der Waals surface area contributed by atoms with Gasteiger partial charge in [0.2, 0.25) is 0 Å². The van der Waals surface area contributed by atoms with Gasteiger partial charge < -0.3 is 15.7 Å². The van der Waals surface area contributed by atoms with Crippen LogP contribution in [0.15, 0.2) is 6.20 Å². The van der Waals surface area contributed by atoms with E-state index >= 15 is 0 Å². The molecule has 6 heteroatoms. The Labute approximate surface area is 98.9 Å². The van der Waals surface area contributed by atoms with Crippen molar-refractivity contribution in [1.82, 2.24) is 15.6 Å². The Morgan fingerprint density at radius 3 is 3.00 bits per heavy atom. The molecule has 3 N–H and O–H groups in total. The first-order valence-electron chi connectivity index (χ1n) is 5.21. The number of aromatic nitrogens is 1. The van der Waals surface area contributed by atoms with E-state index in [0.29, 0.717) is 13.0 Å². The number of rotatable bonds is 5. The molecule has 0 aromatic carbocycles. The number of hydrogen-bond acceptors (Lipinski definition) is 4. The van der Waals surface area contributed by atoms with Gasteiger partial charge in [-0.2, -0.15) is 0 Å². The maximum atomic E-state index is 11.4. The Bertz CT molecular complexity index is 341. The molecule has 1 rings (SSSR count). The van der Waals surface area contributed by atoms with E-state index in [2.05, 4.69) is 15.6 Å². The SMILES string of the molecule is Cc1cnc(C(C)NC(=O)NCCCO)s1. The van der Waals surface area contributed by atoms with Crippen LogP contribution in [-0.2, 0) is 0 Å². The van der Waals surface area contributed by atoms with Crippen LogP contribution in [0.3, 0.4) is 0 Å². The maximum absolute atomic E-state index is 11.4. The summed E-state index contributed by atoms with van der Waals surface area (Å²) in [5.74, 6) is 0. The lowest BCUT2D eigenvalue weighted by Crippen LogP contribution is -2.37. The van der Waals surface area contributed by atoms with E-state index in [1.807, 2.05) is 13.8 Å². The van der Waals surface area contributed by atoms with Gasteiger partial charge in [0.15, 0.2) is 0 Å². The third kappa shape index (κ3) is 4.16. The molecule has 0 saturated carbocycles. The zero-order valence-corrected chi connectivity index (χ0v) is 10.3. The van der Waals surface area contributed by atoms with Crippen molar-refractivity contribution >= 4 is 17.4 Å². The van der Waals surface area contributed by atoms with Crippen LogP contribution in [-0.4, -0.2) is 29.3 Å². The number of aryl methyl sites for hydroxylation is 1. The number of carbonyl (C=O) groups is 1. The molecule has 0 spiro atoms. The number of thiazole rings is 1. The molecule has 1 atom stereocenters. The van der Waals surface area contributed by atoms with Crippen molar-refractivity contribution in [2.75, 3.05) is 13.2 Å². The average Bonchev–Trinajstić information content (AvgIpc) is 2.65. The van der Waals surface area contributed by atoms with Crippen LogP contribution in [0.2, 0.25) is 0 Å². The Balaban J connectivity index is 2.33. The number of urea groups is 1. The van der Waals surface area contributed by atoms with Crippen LogP contribution in [0.1, 0.15) is 29.3 Å². The summed E-state index contributed by atoms with van der Waals surface area (Å²) >= 11 is 1.57. The Kier molecular flexibility index (Phi) is 5.21. The van der Waals surface area contributed by atoms with Crippen LogP contribution in [0.4, 0.5) is 4.79 Å². The predicted molar refractivity (Wildman–Crippen MR) is 63.5 cm³/mol. The molecule has 0 fully saturated rings. The highest BCUT2D eigenvalue weighted by Crippen LogP contribution is 2.18. The van der Waals surface area contributed by atoms with E-state index in [-0.39, 0.29) is 18.7 Å². The van der Waals surface area contributed by atoms with Crippen molar-refractivity contribution in [3.05, 3.63) is 16.1 Å². The zero-order valence-electron chi connectivity index (χ0n) is 9.49. The van der Waals surface area contributed by atoms with Crippen molar-refractivity contribution in [1.29, 1.82) is 0 Å². The second kappa shape index (κ2) is 6.44. The lowest BCUT2D eigenvalue weighted by Gasteiger charge is -2.11. The summed E-state index contributed by atoms with van der Waals surface area (Å²) in [7, 11) is 0. The van der Waals surface area contributed by atoms with Crippen molar-refractivity contribution in [3.63, 3.8) is 0 Å². The minimum absolute atomic E-state index is 0.0848. The second-order valence-electron chi connectivity index (χ2n) is 3.51. The third-order valence-electron chi connectivity index (χ3n) is 1.98. The number of amides is 2. The molecular formula is C10H17N3O2S. The zero-order chi connectivity index (χ0) is 12.0. The van der Waals surface area contributed by atoms with E-state index in [0.717, 1.165) is 9.88 Å². The highest BCUT2D eigenvalue weighted by Gasteiger charge is 2.11. The van der Waals surface area contributed by atoms with Crippen molar-refractivity contribution in [2.45, 2.75) is 26.3 Å². The van der Waals surface area contributed by atoms with Gasteiger partial charge >= 0.3 is 6.03 Å². The van der Waals surface area contributed by atoms with Crippen molar-refractivity contribution in [2.24, 2.45) is 0 Å². The quantitative estimate of drug-likeness (QED) is 0.680. The van der Waals surface area contributed by atoms with Crippen molar-refractivity contribution < 1.29 is 9.90 Å². The molecular weight excluding hydrogens is 226 g/mol. The number of hydrogen-bond donors (Lipinski definition) is 3. The lowest BCUT2D eigenvalue weighted by atomic mass is 10.3. The second-order valence-corrected chi connectivity index (χ2v) is 4.77. The van der Waals surface area contributed by atoms with Crippen LogP contribution < -0.4 is 10.6 Å². The number of aliphatic hydroxyl groups excluding tert-OH is 1. The first kappa shape index (κ1) is 12.9. The fourth-order valence-electron chi connectivity index (χ4n) is 1.16. The molecule has 2 amide bonds. The molecule has 0 radical (unpaired) electrons. The van der Waals surface area contributed by atoms with Crippen LogP contribution in [0.5, 0.6) is 0 Å². The maximum Gasteiger partial charge on any atom is 0.315 e. The van der Waals surface area contributed by atoms with E-state index in [1.165, 1.54) is 0 Å². The number of nitrogens with zero attached hydrogens (tertiary/aromatic N) is 1. The minimum Gasteiger partial charge on any atom is -0.396 e. The smallest absolute Gasteiger partial charge is 0.315 e. The Morgan fingerprint density at radius 2 is 2.44 bits per heavy atom. The molecule has 1 unspecified atom stereocenters. The largest absolute Gasteiger partial charge is 0.396 e. The van der Waals surface area contributed by atoms with E-state index in [4.69, 9.17) is 5.11 Å². The lowest BCUT2D eigenvalue weighted by molar-refractivity contribution is 0.235. The highest BCUT2D eigenvalue weighted by atomic mass is 32.1. The molecule has 90 valence electrons. The molecule has 1 heterocycles. The molecule has 5 nitrogen and oxygen atoms in total. The molecule has 0 aliphatic rings. The van der Waals surface area contributed by atoms with Crippen molar-refractivity contribution in [3.8, 4) is 0 Å².